The zero-order valence-corrected chi connectivity index (χ0v) is 11.2. The molecule has 0 spiro atoms. The van der Waals surface area contributed by atoms with E-state index in [4.69, 9.17) is 4.84 Å². The van der Waals surface area contributed by atoms with Gasteiger partial charge in [-0.1, -0.05) is 13.8 Å². The molecule has 0 aliphatic heterocycles. The zero-order chi connectivity index (χ0) is 12.3. The van der Waals surface area contributed by atoms with E-state index in [-0.39, 0.29) is 5.91 Å². The Bertz CT molecular complexity index is 398. The molecule has 0 atom stereocenters. The van der Waals surface area contributed by atoms with E-state index in [1.807, 2.05) is 5.38 Å². The first-order chi connectivity index (χ1) is 8.18. The minimum atomic E-state index is -0.0925. The summed E-state index contributed by atoms with van der Waals surface area (Å²) in [5, 5.41) is 1.96. The normalized spacial score (nSPS) is 14.8. The summed E-state index contributed by atoms with van der Waals surface area (Å²) in [6.45, 7) is 4.66. The Morgan fingerprint density at radius 2 is 2.24 bits per heavy atom. The molecule has 1 amide bonds. The van der Waals surface area contributed by atoms with E-state index in [0.717, 1.165) is 18.4 Å². The van der Waals surface area contributed by atoms with E-state index in [2.05, 4.69) is 19.3 Å². The van der Waals surface area contributed by atoms with E-state index in [1.165, 1.54) is 23.3 Å². The van der Waals surface area contributed by atoms with Crippen LogP contribution in [0.3, 0.4) is 0 Å². The van der Waals surface area contributed by atoms with Crippen molar-refractivity contribution in [3.05, 3.63) is 21.4 Å². The van der Waals surface area contributed by atoms with Gasteiger partial charge in [0.2, 0.25) is 0 Å². The molecule has 0 radical (unpaired) electrons. The number of hydroxylamine groups is 1. The summed E-state index contributed by atoms with van der Waals surface area (Å²) >= 11 is 1.70. The molecule has 4 heteroatoms. The Hall–Kier alpha value is -0.870. The molecule has 0 saturated carbocycles. The fraction of sp³-hybridized carbons (Fsp3) is 0.615. The Balaban J connectivity index is 1.97. The Morgan fingerprint density at radius 3 is 3.00 bits per heavy atom. The second-order valence-electron chi connectivity index (χ2n) is 4.89. The molecule has 1 aliphatic rings. The summed E-state index contributed by atoms with van der Waals surface area (Å²) in [4.78, 5) is 18.5. The number of aryl methyl sites for hydroxylation is 1. The Labute approximate surface area is 106 Å². The second-order valence-corrected chi connectivity index (χ2v) is 5.86. The number of fused-ring (bicyclic) bond motifs is 1. The number of carbonyl (C=O) groups is 1. The molecular weight excluding hydrogens is 234 g/mol. The highest BCUT2D eigenvalue weighted by molar-refractivity contribution is 7.10. The van der Waals surface area contributed by atoms with Crippen molar-refractivity contribution in [3.63, 3.8) is 0 Å². The van der Waals surface area contributed by atoms with Gasteiger partial charge >= 0.3 is 0 Å². The standard InChI is InChI=1S/C13H19NO2S/c1-9(2)7-16-14-13(15)11-8-17-12-6-4-3-5-10(11)12/h8-9H,3-7H2,1-2H3,(H,14,15). The highest BCUT2D eigenvalue weighted by Gasteiger charge is 2.20. The fourth-order valence-corrected chi connectivity index (χ4v) is 3.14. The lowest BCUT2D eigenvalue weighted by atomic mass is 9.96. The lowest BCUT2D eigenvalue weighted by molar-refractivity contribution is 0.0208. The molecule has 1 aromatic rings. The van der Waals surface area contributed by atoms with Crippen LogP contribution >= 0.6 is 11.3 Å². The lowest BCUT2D eigenvalue weighted by Gasteiger charge is -2.13. The lowest BCUT2D eigenvalue weighted by Crippen LogP contribution is -2.26. The van der Waals surface area contributed by atoms with Gasteiger partial charge in [0.25, 0.3) is 5.91 Å². The summed E-state index contributed by atoms with van der Waals surface area (Å²) in [6, 6.07) is 0. The van der Waals surface area contributed by atoms with E-state index in [1.54, 1.807) is 11.3 Å². The van der Waals surface area contributed by atoms with Crippen LogP contribution < -0.4 is 5.48 Å². The number of hydrogen-bond donors (Lipinski definition) is 1. The SMILES string of the molecule is CC(C)CONC(=O)c1csc2c1CCCC2. The molecule has 0 saturated heterocycles. The van der Waals surface area contributed by atoms with Crippen molar-refractivity contribution >= 4 is 17.2 Å². The molecule has 0 fully saturated rings. The van der Waals surface area contributed by atoms with Crippen LogP contribution in [0.25, 0.3) is 0 Å². The van der Waals surface area contributed by atoms with Crippen LogP contribution in [0.4, 0.5) is 0 Å². The Kier molecular flexibility index (Phi) is 4.18. The summed E-state index contributed by atoms with van der Waals surface area (Å²) in [5.74, 6) is 0.330. The molecule has 1 aliphatic carbocycles. The Morgan fingerprint density at radius 1 is 1.47 bits per heavy atom. The van der Waals surface area contributed by atoms with Crippen LogP contribution in [0.15, 0.2) is 5.38 Å². The fourth-order valence-electron chi connectivity index (χ4n) is 2.01. The van der Waals surface area contributed by atoms with Crippen LogP contribution in [0.5, 0.6) is 0 Å². The van der Waals surface area contributed by atoms with Crippen molar-refractivity contribution in [2.45, 2.75) is 39.5 Å². The summed E-state index contributed by atoms with van der Waals surface area (Å²) in [7, 11) is 0. The van der Waals surface area contributed by atoms with Gasteiger partial charge in [0, 0.05) is 10.3 Å². The van der Waals surface area contributed by atoms with Gasteiger partial charge in [-0.2, -0.15) is 0 Å². The van der Waals surface area contributed by atoms with E-state index < -0.39 is 0 Å². The molecule has 2 rings (SSSR count). The molecule has 1 aromatic heterocycles. The van der Waals surface area contributed by atoms with Gasteiger partial charge in [-0.15, -0.1) is 11.3 Å². The minimum Gasteiger partial charge on any atom is -0.273 e. The summed E-state index contributed by atoms with van der Waals surface area (Å²) < 4.78 is 0. The van der Waals surface area contributed by atoms with Crippen LogP contribution in [0, 0.1) is 5.92 Å². The molecular formula is C13H19NO2S. The minimum absolute atomic E-state index is 0.0925. The van der Waals surface area contributed by atoms with Crippen molar-refractivity contribution < 1.29 is 9.63 Å². The first-order valence-corrected chi connectivity index (χ1v) is 7.08. The van der Waals surface area contributed by atoms with Crippen LogP contribution in [0.1, 0.15) is 47.5 Å². The molecule has 1 N–H and O–H groups in total. The smallest absolute Gasteiger partial charge is 0.273 e. The van der Waals surface area contributed by atoms with Gasteiger partial charge in [-0.25, -0.2) is 5.48 Å². The first kappa shape index (κ1) is 12.6. The van der Waals surface area contributed by atoms with Crippen molar-refractivity contribution in [1.82, 2.24) is 5.48 Å². The number of thiophene rings is 1. The number of carbonyl (C=O) groups excluding carboxylic acids is 1. The van der Waals surface area contributed by atoms with Gasteiger partial charge in [0.15, 0.2) is 0 Å². The van der Waals surface area contributed by atoms with Gasteiger partial charge in [0.05, 0.1) is 12.2 Å². The third kappa shape index (κ3) is 3.07. The zero-order valence-electron chi connectivity index (χ0n) is 10.4. The van der Waals surface area contributed by atoms with Crippen molar-refractivity contribution in [3.8, 4) is 0 Å². The predicted octanol–water partition coefficient (Wildman–Crippen LogP) is 2.94. The van der Waals surface area contributed by atoms with Gasteiger partial charge in [0.1, 0.15) is 0 Å². The van der Waals surface area contributed by atoms with Gasteiger partial charge < -0.3 is 0 Å². The van der Waals surface area contributed by atoms with Crippen LogP contribution in [-0.2, 0) is 17.7 Å². The largest absolute Gasteiger partial charge is 0.275 e. The number of nitrogens with one attached hydrogen (secondary N) is 1. The molecule has 3 nitrogen and oxygen atoms in total. The van der Waals surface area contributed by atoms with Crippen molar-refractivity contribution in [2.75, 3.05) is 6.61 Å². The molecule has 17 heavy (non-hydrogen) atoms. The highest BCUT2D eigenvalue weighted by atomic mass is 32.1. The van der Waals surface area contributed by atoms with Crippen molar-refractivity contribution in [2.24, 2.45) is 5.92 Å². The number of hydrogen-bond acceptors (Lipinski definition) is 3. The van der Waals surface area contributed by atoms with Crippen LogP contribution in [-0.4, -0.2) is 12.5 Å². The predicted molar refractivity (Wildman–Crippen MR) is 69.2 cm³/mol. The first-order valence-electron chi connectivity index (χ1n) is 6.20. The maximum absolute atomic E-state index is 11.9. The quantitative estimate of drug-likeness (QED) is 0.838. The number of rotatable bonds is 4. The molecule has 0 aromatic carbocycles. The second kappa shape index (κ2) is 5.65. The van der Waals surface area contributed by atoms with Gasteiger partial charge in [-0.3, -0.25) is 9.63 Å². The third-order valence-corrected chi connectivity index (χ3v) is 3.98. The maximum Gasteiger partial charge on any atom is 0.275 e. The average Bonchev–Trinajstić information content (AvgIpc) is 2.72. The average molecular weight is 253 g/mol. The molecule has 1 heterocycles. The topological polar surface area (TPSA) is 38.3 Å². The number of amides is 1. The summed E-state index contributed by atoms with van der Waals surface area (Å²) in [5.41, 5.74) is 4.59. The molecule has 0 unspecified atom stereocenters. The van der Waals surface area contributed by atoms with E-state index in [9.17, 15) is 4.79 Å². The van der Waals surface area contributed by atoms with Crippen LogP contribution in [0.2, 0.25) is 0 Å². The molecule has 94 valence electrons. The van der Waals surface area contributed by atoms with Crippen molar-refractivity contribution in [1.29, 1.82) is 0 Å². The molecule has 0 bridgehead atoms. The summed E-state index contributed by atoms with van der Waals surface area (Å²) in [6.07, 6.45) is 4.60. The third-order valence-electron chi connectivity index (χ3n) is 2.89. The monoisotopic (exact) mass is 253 g/mol. The highest BCUT2D eigenvalue weighted by Crippen LogP contribution is 2.30. The van der Waals surface area contributed by atoms with E-state index >= 15 is 0 Å². The van der Waals surface area contributed by atoms with Gasteiger partial charge in [-0.05, 0) is 37.2 Å². The van der Waals surface area contributed by atoms with E-state index in [0.29, 0.717) is 12.5 Å². The maximum atomic E-state index is 11.9.